The van der Waals surface area contributed by atoms with Crippen molar-refractivity contribution in [1.82, 2.24) is 9.88 Å². The molecular weight excluding hydrogens is 164 g/mol. The van der Waals surface area contributed by atoms with Crippen molar-refractivity contribution in [2.45, 2.75) is 0 Å². The van der Waals surface area contributed by atoms with E-state index in [0.717, 1.165) is 5.69 Å². The zero-order valence-corrected chi connectivity index (χ0v) is 7.73. The Kier molecular flexibility index (Phi) is 5.97. The average Bonchev–Trinajstić information content (AvgIpc) is 2.53. The van der Waals surface area contributed by atoms with E-state index in [2.05, 4.69) is 18.5 Å². The third-order valence-corrected chi connectivity index (χ3v) is 1.38. The molecule has 0 aliphatic heterocycles. The molecule has 0 fully saturated rings. The van der Waals surface area contributed by atoms with E-state index in [-0.39, 0.29) is 0 Å². The molecule has 1 heterocycles. The Morgan fingerprint density at radius 1 is 1.54 bits per heavy atom. The van der Waals surface area contributed by atoms with Crippen LogP contribution >= 0.6 is 0 Å². The third kappa shape index (κ3) is 4.63. The van der Waals surface area contributed by atoms with Crippen LogP contribution in [-0.2, 0) is 11.8 Å². The number of nitrogens with zero attached hydrogens (tertiary/aromatic N) is 1. The van der Waals surface area contributed by atoms with Gasteiger partial charge in [-0.25, -0.2) is 0 Å². The van der Waals surface area contributed by atoms with Crippen LogP contribution in [0.15, 0.2) is 37.7 Å². The van der Waals surface area contributed by atoms with Gasteiger partial charge in [0.15, 0.2) is 0 Å². The van der Waals surface area contributed by atoms with Crippen LogP contribution in [0.5, 0.6) is 0 Å². The van der Waals surface area contributed by atoms with Gasteiger partial charge in [-0.05, 0) is 24.4 Å². The molecule has 0 bridgehead atoms. The van der Waals surface area contributed by atoms with Crippen molar-refractivity contribution >= 4 is 12.5 Å². The molecule has 0 spiro atoms. The number of aryl methyl sites for hydroxylation is 1. The maximum Gasteiger partial charge on any atom is 0.211 e. The predicted octanol–water partition coefficient (Wildman–Crippen LogP) is 1.54. The van der Waals surface area contributed by atoms with Crippen LogP contribution < -0.4 is 5.32 Å². The highest BCUT2D eigenvalue weighted by Gasteiger charge is 1.85. The largest absolute Gasteiger partial charge is 0.351 e. The van der Waals surface area contributed by atoms with Gasteiger partial charge in [0.1, 0.15) is 0 Å². The van der Waals surface area contributed by atoms with E-state index < -0.39 is 0 Å². The fraction of sp³-hybridized carbons (Fsp3) is 0.100. The molecule has 0 aliphatic carbocycles. The lowest BCUT2D eigenvalue weighted by Gasteiger charge is -1.91. The van der Waals surface area contributed by atoms with Crippen molar-refractivity contribution in [3.8, 4) is 0 Å². The van der Waals surface area contributed by atoms with Crippen LogP contribution in [0.2, 0.25) is 0 Å². The Bertz CT molecular complexity index is 270. The van der Waals surface area contributed by atoms with Crippen molar-refractivity contribution in [3.63, 3.8) is 0 Å². The van der Waals surface area contributed by atoms with Gasteiger partial charge >= 0.3 is 0 Å². The maximum absolute atomic E-state index is 9.22. The first-order valence-electron chi connectivity index (χ1n) is 3.80. The minimum Gasteiger partial charge on any atom is -0.351 e. The molecule has 1 aromatic rings. The fourth-order valence-corrected chi connectivity index (χ4v) is 0.735. The Morgan fingerprint density at radius 3 is 2.38 bits per heavy atom. The van der Waals surface area contributed by atoms with E-state index in [1.807, 2.05) is 36.0 Å². The lowest BCUT2D eigenvalue weighted by atomic mass is 10.4. The summed E-state index contributed by atoms with van der Waals surface area (Å²) in [6.07, 6.45) is 5.71. The first-order valence-corrected chi connectivity index (χ1v) is 3.80. The van der Waals surface area contributed by atoms with Crippen LogP contribution in [-0.4, -0.2) is 11.0 Å². The van der Waals surface area contributed by atoms with Crippen molar-refractivity contribution in [3.05, 3.63) is 43.4 Å². The Balaban J connectivity index is 0.000000252. The molecular formula is C10H14N2O. The van der Waals surface area contributed by atoms with Gasteiger partial charge < -0.3 is 9.88 Å². The molecule has 3 heteroatoms. The normalized spacial score (nSPS) is 7.77. The number of aromatic nitrogens is 1. The monoisotopic (exact) mass is 178 g/mol. The highest BCUT2D eigenvalue weighted by molar-refractivity contribution is 5.47. The summed E-state index contributed by atoms with van der Waals surface area (Å²) in [5.74, 6) is 0. The summed E-state index contributed by atoms with van der Waals surface area (Å²) < 4.78 is 2.02. The van der Waals surface area contributed by atoms with Gasteiger partial charge in [-0.1, -0.05) is 13.2 Å². The molecule has 0 unspecified atom stereocenters. The van der Waals surface area contributed by atoms with Crippen LogP contribution in [0.3, 0.4) is 0 Å². The summed E-state index contributed by atoms with van der Waals surface area (Å²) in [7, 11) is 2.00. The third-order valence-electron chi connectivity index (χ3n) is 1.38. The van der Waals surface area contributed by atoms with Gasteiger partial charge in [0, 0.05) is 18.9 Å². The number of hydrogen-bond acceptors (Lipinski definition) is 1. The summed E-state index contributed by atoms with van der Waals surface area (Å²) in [4.78, 5) is 9.22. The molecule has 70 valence electrons. The Labute approximate surface area is 78.4 Å². The summed E-state index contributed by atoms with van der Waals surface area (Å²) in [6, 6.07) is 4.02. The van der Waals surface area contributed by atoms with E-state index in [1.165, 1.54) is 6.20 Å². The molecule has 0 saturated carbocycles. The molecule has 1 amide bonds. The van der Waals surface area contributed by atoms with Gasteiger partial charge in [0.25, 0.3) is 0 Å². The van der Waals surface area contributed by atoms with Crippen molar-refractivity contribution < 1.29 is 4.79 Å². The predicted molar refractivity (Wildman–Crippen MR) is 54.9 cm³/mol. The molecule has 0 radical (unpaired) electrons. The van der Waals surface area contributed by atoms with Crippen LogP contribution in [0.1, 0.15) is 5.69 Å². The molecule has 13 heavy (non-hydrogen) atoms. The minimum absolute atomic E-state index is 0.562. The van der Waals surface area contributed by atoms with Crippen molar-refractivity contribution in [1.29, 1.82) is 0 Å². The summed E-state index contributed by atoms with van der Waals surface area (Å²) in [6.45, 7) is 6.85. The highest BCUT2D eigenvalue weighted by atomic mass is 16.1. The molecule has 1 aromatic heterocycles. The molecule has 3 nitrogen and oxygen atoms in total. The topological polar surface area (TPSA) is 34.0 Å². The molecule has 1 rings (SSSR count). The summed E-state index contributed by atoms with van der Waals surface area (Å²) >= 11 is 0. The quantitative estimate of drug-likeness (QED) is 0.700. The number of hydrogen-bond donors (Lipinski definition) is 1. The van der Waals surface area contributed by atoms with Gasteiger partial charge in [0.05, 0.1) is 0 Å². The van der Waals surface area contributed by atoms with E-state index >= 15 is 0 Å². The number of carbonyl (C=O) groups is 1. The van der Waals surface area contributed by atoms with Crippen LogP contribution in [0.4, 0.5) is 0 Å². The lowest BCUT2D eigenvalue weighted by Crippen LogP contribution is -1.96. The molecule has 0 aromatic carbocycles. The van der Waals surface area contributed by atoms with E-state index in [0.29, 0.717) is 6.41 Å². The number of nitrogens with one attached hydrogen (secondary N) is 1. The molecule has 1 N–H and O–H groups in total. The van der Waals surface area contributed by atoms with E-state index in [4.69, 9.17) is 0 Å². The minimum atomic E-state index is 0.562. The highest BCUT2D eigenvalue weighted by Crippen LogP contribution is 1.98. The number of carbonyl (C=O) groups excluding carboxylic acids is 1. The first kappa shape index (κ1) is 11.2. The summed E-state index contributed by atoms with van der Waals surface area (Å²) in [5, 5.41) is 2.19. The second-order valence-electron chi connectivity index (χ2n) is 2.24. The van der Waals surface area contributed by atoms with Gasteiger partial charge in [-0.2, -0.15) is 0 Å². The lowest BCUT2D eigenvalue weighted by molar-refractivity contribution is -0.108. The average molecular weight is 178 g/mol. The zero-order valence-electron chi connectivity index (χ0n) is 7.73. The van der Waals surface area contributed by atoms with E-state index in [9.17, 15) is 4.79 Å². The second kappa shape index (κ2) is 6.91. The SMILES string of the molecule is C=CNC=O.C=Cc1cccn1C. The maximum atomic E-state index is 9.22. The molecule has 0 saturated heterocycles. The Hall–Kier alpha value is -1.77. The smallest absolute Gasteiger partial charge is 0.211 e. The zero-order chi connectivity index (χ0) is 10.1. The number of amides is 1. The van der Waals surface area contributed by atoms with Gasteiger partial charge in [-0.3, -0.25) is 4.79 Å². The second-order valence-corrected chi connectivity index (χ2v) is 2.24. The fourth-order valence-electron chi connectivity index (χ4n) is 0.735. The molecule has 0 aliphatic rings. The van der Waals surface area contributed by atoms with Crippen molar-refractivity contribution in [2.75, 3.05) is 0 Å². The molecule has 0 atom stereocenters. The van der Waals surface area contributed by atoms with Gasteiger partial charge in [0.2, 0.25) is 6.41 Å². The van der Waals surface area contributed by atoms with Crippen LogP contribution in [0.25, 0.3) is 6.08 Å². The van der Waals surface area contributed by atoms with E-state index in [1.54, 1.807) is 0 Å². The first-order chi connectivity index (χ1) is 6.26. The number of rotatable bonds is 3. The van der Waals surface area contributed by atoms with Crippen LogP contribution in [0, 0.1) is 0 Å². The van der Waals surface area contributed by atoms with Crippen molar-refractivity contribution in [2.24, 2.45) is 7.05 Å². The standard InChI is InChI=1S/C7H9N.C3H5NO/c1-3-7-5-4-6-8(7)2;1-2-4-3-5/h3-6H,1H2,2H3;2-3H,1H2,(H,4,5). The van der Waals surface area contributed by atoms with Gasteiger partial charge in [-0.15, -0.1) is 0 Å². The Morgan fingerprint density at radius 2 is 2.23 bits per heavy atom. The summed E-state index contributed by atoms with van der Waals surface area (Å²) in [5.41, 5.74) is 1.16.